The van der Waals surface area contributed by atoms with Gasteiger partial charge in [-0.2, -0.15) is 0 Å². The summed E-state index contributed by atoms with van der Waals surface area (Å²) in [7, 11) is 0. The molecule has 1 aromatic heterocycles. The average molecular weight is 1130 g/mol. The fourth-order valence-corrected chi connectivity index (χ4v) is 4.17. The summed E-state index contributed by atoms with van der Waals surface area (Å²) >= 11 is 6.26. The quantitative estimate of drug-likeness (QED) is 0.0504. The minimum atomic E-state index is -0.792. The van der Waals surface area contributed by atoms with Crippen LogP contribution in [0.25, 0.3) is 0 Å². The molecule has 2 aliphatic heterocycles. The van der Waals surface area contributed by atoms with Gasteiger partial charge in [-0.3, -0.25) is 43.3 Å². The molecular formula is C45H93Br2N10NaO11. The Morgan fingerprint density at radius 2 is 1.13 bits per heavy atom. The number of rotatable bonds is 11. The first kappa shape index (κ1) is 83.3. The van der Waals surface area contributed by atoms with Gasteiger partial charge in [-0.1, -0.05) is 122 Å². The molecule has 1 aromatic rings. The molecule has 69 heavy (non-hydrogen) atoms. The van der Waals surface area contributed by atoms with Gasteiger partial charge in [0.2, 0.25) is 17.7 Å². The summed E-state index contributed by atoms with van der Waals surface area (Å²) < 4.78 is 0. The van der Waals surface area contributed by atoms with Crippen molar-refractivity contribution in [1.29, 1.82) is 0 Å². The number of piperazine rings is 2. The third-order valence-electron chi connectivity index (χ3n) is 7.82. The summed E-state index contributed by atoms with van der Waals surface area (Å²) in [5, 5.41) is 36.7. The number of aromatic nitrogens is 2. The average Bonchev–Trinajstić information content (AvgIpc) is 3.27. The van der Waals surface area contributed by atoms with Crippen LogP contribution in [0.15, 0.2) is 17.2 Å². The molecule has 3 rings (SSSR count). The number of primary amides is 1. The first-order valence-electron chi connectivity index (χ1n) is 22.6. The molecule has 2 fully saturated rings. The van der Waals surface area contributed by atoms with Crippen LogP contribution in [0.5, 0.6) is 0 Å². The van der Waals surface area contributed by atoms with Gasteiger partial charge >= 0.3 is 35.5 Å². The van der Waals surface area contributed by atoms with E-state index < -0.39 is 22.7 Å². The Hall–Kier alpha value is -2.55. The number of aromatic amines is 1. The number of carbonyl (C=O) groups is 7. The third kappa shape index (κ3) is 56.2. The summed E-state index contributed by atoms with van der Waals surface area (Å²) in [4.78, 5) is 87.7. The number of nitrogens with zero attached hydrogens (tertiary/aromatic N) is 1. The Morgan fingerprint density at radius 3 is 1.25 bits per heavy atom. The van der Waals surface area contributed by atoms with Crippen LogP contribution in [-0.2, 0) is 33.6 Å². The monoisotopic (exact) mass is 1130 g/mol. The molecule has 0 radical (unpaired) electrons. The number of hydrogen-bond donors (Lipinski definition) is 11. The van der Waals surface area contributed by atoms with Gasteiger partial charge in [0.15, 0.2) is 12.6 Å². The zero-order chi connectivity index (χ0) is 55.1. The van der Waals surface area contributed by atoms with Crippen molar-refractivity contribution in [2.75, 3.05) is 52.5 Å². The molecular weight excluding hydrogens is 1040 g/mol. The maximum Gasteiger partial charge on any atom is 1.00 e. The summed E-state index contributed by atoms with van der Waals surface area (Å²) in [6.45, 7) is 33.1. The minimum absolute atomic E-state index is 0. The maximum absolute atomic E-state index is 11.1. The Bertz CT molecular complexity index is 1390. The van der Waals surface area contributed by atoms with Crippen molar-refractivity contribution < 1.29 is 79.9 Å². The number of aliphatic hydroxyl groups is 1. The number of carboxylic acids is 1. The van der Waals surface area contributed by atoms with Crippen molar-refractivity contribution in [3.8, 4) is 0 Å². The molecule has 0 spiro atoms. The molecule has 5 unspecified atom stereocenters. The fraction of sp³-hybridized carbons (Fsp3) is 0.756. The molecule has 0 aliphatic carbocycles. The maximum atomic E-state index is 11.1. The van der Waals surface area contributed by atoms with Crippen LogP contribution in [0.1, 0.15) is 117 Å². The topological polar surface area (TPSA) is 381 Å². The summed E-state index contributed by atoms with van der Waals surface area (Å²) in [5.74, 6) is 0.959. The smallest absolute Gasteiger partial charge is 0.855 e. The van der Waals surface area contributed by atoms with E-state index in [1.165, 1.54) is 6.20 Å². The van der Waals surface area contributed by atoms with Gasteiger partial charge in [-0.25, -0.2) is 0 Å². The molecule has 3 heterocycles. The Morgan fingerprint density at radius 1 is 0.783 bits per heavy atom. The normalized spacial score (nSPS) is 15.4. The van der Waals surface area contributed by atoms with Gasteiger partial charge in [0.1, 0.15) is 16.3 Å². The first-order chi connectivity index (χ1) is 31.5. The number of alkyl halides is 2. The van der Waals surface area contributed by atoms with E-state index in [2.05, 4.69) is 63.1 Å². The van der Waals surface area contributed by atoms with Crippen LogP contribution in [0.4, 0.5) is 0 Å². The van der Waals surface area contributed by atoms with Crippen molar-refractivity contribution in [3.63, 3.8) is 0 Å². The molecule has 404 valence electrons. The number of nitrogens with one attached hydrogen (secondary N) is 5. The molecule has 5 atom stereocenters. The van der Waals surface area contributed by atoms with E-state index in [1.807, 2.05) is 83.1 Å². The molecule has 2 saturated heterocycles. The van der Waals surface area contributed by atoms with Crippen molar-refractivity contribution in [1.82, 2.24) is 31.2 Å². The van der Waals surface area contributed by atoms with Crippen LogP contribution >= 0.6 is 31.9 Å². The van der Waals surface area contributed by atoms with Crippen LogP contribution in [0.2, 0.25) is 0 Å². The van der Waals surface area contributed by atoms with Gasteiger partial charge in [-0.15, -0.1) is 6.61 Å². The minimum Gasteiger partial charge on any atom is -0.855 e. The van der Waals surface area contributed by atoms with E-state index >= 15 is 0 Å². The van der Waals surface area contributed by atoms with Gasteiger partial charge in [0.05, 0.1) is 23.0 Å². The van der Waals surface area contributed by atoms with E-state index in [0.29, 0.717) is 36.5 Å². The fourth-order valence-electron chi connectivity index (χ4n) is 4.17. The molecule has 2 aliphatic rings. The van der Waals surface area contributed by atoms with Crippen molar-refractivity contribution >= 4 is 73.9 Å². The summed E-state index contributed by atoms with van der Waals surface area (Å²) in [6, 6.07) is -0.447. The predicted molar refractivity (Wildman–Crippen MR) is 279 cm³/mol. The third-order valence-corrected chi connectivity index (χ3v) is 11.0. The number of aliphatic carboxylic acids is 1. The van der Waals surface area contributed by atoms with E-state index in [9.17, 15) is 28.8 Å². The van der Waals surface area contributed by atoms with Gasteiger partial charge < -0.3 is 64.5 Å². The van der Waals surface area contributed by atoms with Gasteiger partial charge in [0.25, 0.3) is 5.56 Å². The van der Waals surface area contributed by atoms with Crippen LogP contribution in [0.3, 0.4) is 0 Å². The Labute approximate surface area is 453 Å². The predicted octanol–water partition coefficient (Wildman–Crippen LogP) is -1.80. The van der Waals surface area contributed by atoms with Gasteiger partial charge in [0, 0.05) is 65.6 Å². The largest absolute Gasteiger partial charge is 1.00 e. The van der Waals surface area contributed by atoms with Crippen LogP contribution in [0, 0.1) is 29.6 Å². The molecule has 3 amide bonds. The number of carbonyl (C=O) groups excluding carboxylic acids is 6. The Balaban J connectivity index is -0.0000000862. The molecule has 21 nitrogen and oxygen atoms in total. The van der Waals surface area contributed by atoms with Crippen molar-refractivity contribution in [3.05, 3.63) is 28.4 Å². The standard InChI is InChI=1S/2C7H14N2O.C7H10N2O.C6H11BrO.C5H9BrO2.C5H12N2O.C2H8N2.C2H2O2.C2H6O.C2H5O.Na.H2/c3*1-5(2)6-7(10)9-4-3-8-6;1-4(2)6(7)5(3)8;2*1-3(2)4(6)5(7)8;2*3-1-2-4;2*1-2-3;;/h2*5-6,8H,3-4H2,1-2H3,(H,9,10);3-5H,1-2H3,(H,9,10);4,6H,1-3H3;3-4H,1-2H3,(H,7,8);3-4H,6H2,1-2H3,(H2,7,8);1-4H2;1-2H;3H,2H2,1H3;2H2,1H3;;1H/q;;;;;;;;;-1;+1;. The SMILES string of the molecule is CC(=O)C(Br)C(C)C.CC(C)C(Br)C(=O)O.CC(C)C(N)C(N)=O.CC(C)C1NCCNC1=O.CC(C)C1NCCNC1=O.CC(C)c1ncc[nH]c1=O.CCO.CC[O-].NCCN.O=CC=O.[HH].[Na+]. The zero-order valence-electron chi connectivity index (χ0n) is 44.4. The number of amides is 3. The number of carboxylic acid groups (broad SMARTS) is 1. The Kier molecular flexibility index (Phi) is 68.1. The van der Waals surface area contributed by atoms with E-state index in [0.717, 1.165) is 26.2 Å². The first-order valence-corrected chi connectivity index (χ1v) is 24.4. The van der Waals surface area contributed by atoms with E-state index in [-0.39, 0.29) is 115 Å². The molecule has 15 N–H and O–H groups in total. The number of hydrogen-bond acceptors (Lipinski definition) is 16. The number of aliphatic hydroxyl groups excluding tert-OH is 1. The zero-order valence-corrected chi connectivity index (χ0v) is 49.6. The number of ketones is 1. The van der Waals surface area contributed by atoms with Crippen LogP contribution < -0.4 is 84.4 Å². The van der Waals surface area contributed by atoms with E-state index in [4.69, 9.17) is 47.8 Å². The number of Topliss-reactive ketones (excluding diaryl/α,β-unsaturated/α-hetero) is 1. The summed E-state index contributed by atoms with van der Waals surface area (Å²) in [6.07, 6.45) is 3.52. The second-order valence-corrected chi connectivity index (χ2v) is 18.2. The second kappa shape index (κ2) is 56.4. The summed E-state index contributed by atoms with van der Waals surface area (Å²) in [5.41, 5.74) is 20.5. The number of aldehydes is 2. The molecule has 0 aromatic carbocycles. The number of H-pyrrole nitrogens is 1. The van der Waals surface area contributed by atoms with Crippen molar-refractivity contribution in [2.45, 2.75) is 138 Å². The number of nitrogens with two attached hydrogens (primary N) is 4. The number of halogens is 2. The molecule has 24 heteroatoms. The molecule has 0 saturated carbocycles. The van der Waals surface area contributed by atoms with Crippen molar-refractivity contribution in [2.24, 2.45) is 52.5 Å². The molecule has 0 bridgehead atoms. The van der Waals surface area contributed by atoms with Gasteiger partial charge in [-0.05, 0) is 43.4 Å². The van der Waals surface area contributed by atoms with E-state index in [1.54, 1.807) is 27.0 Å². The second-order valence-electron chi connectivity index (χ2n) is 16.3. The van der Waals surface area contributed by atoms with Crippen LogP contribution in [-0.4, -0.2) is 142 Å².